The Hall–Kier alpha value is -1.10. The average molecular weight is 216 g/mol. The van der Waals surface area contributed by atoms with E-state index in [1.165, 1.54) is 7.11 Å². The Balaban J connectivity index is 4.10. The molecule has 0 fully saturated rings. The highest BCUT2D eigenvalue weighted by Gasteiger charge is 2.30. The van der Waals surface area contributed by atoms with Gasteiger partial charge >= 0.3 is 5.97 Å². The van der Waals surface area contributed by atoms with Gasteiger partial charge in [-0.3, -0.25) is 4.79 Å². The van der Waals surface area contributed by atoms with Crippen LogP contribution in [-0.2, 0) is 14.3 Å². The minimum Gasteiger partial charge on any atom is -0.467 e. The first-order chi connectivity index (χ1) is 6.79. The first-order valence-corrected chi connectivity index (χ1v) is 4.94. The predicted molar refractivity (Wildman–Crippen MR) is 57.1 cm³/mol. The summed E-state index contributed by atoms with van der Waals surface area (Å²) in [6, 6.07) is -0.0167. The molecule has 0 saturated heterocycles. The molecule has 0 radical (unpaired) electrons. The summed E-state index contributed by atoms with van der Waals surface area (Å²) in [6.07, 6.45) is 0.918. The van der Waals surface area contributed by atoms with Gasteiger partial charge in [0.15, 0.2) is 0 Å². The molecule has 15 heavy (non-hydrogen) atoms. The first kappa shape index (κ1) is 13.9. The SMILES string of the molecule is COC(=O)C(C)(C)NC(=O)CCC(C)N. The summed E-state index contributed by atoms with van der Waals surface area (Å²) >= 11 is 0. The van der Waals surface area contributed by atoms with Gasteiger partial charge in [-0.05, 0) is 27.2 Å². The van der Waals surface area contributed by atoms with Crippen LogP contribution in [0.1, 0.15) is 33.6 Å². The molecule has 0 aliphatic heterocycles. The molecule has 0 rings (SSSR count). The van der Waals surface area contributed by atoms with E-state index in [1.807, 2.05) is 6.92 Å². The van der Waals surface area contributed by atoms with Gasteiger partial charge in [-0.15, -0.1) is 0 Å². The van der Waals surface area contributed by atoms with Crippen molar-refractivity contribution in [3.8, 4) is 0 Å². The van der Waals surface area contributed by atoms with Crippen LogP contribution in [0.3, 0.4) is 0 Å². The van der Waals surface area contributed by atoms with E-state index >= 15 is 0 Å². The van der Waals surface area contributed by atoms with E-state index in [-0.39, 0.29) is 11.9 Å². The smallest absolute Gasteiger partial charge is 0.330 e. The van der Waals surface area contributed by atoms with E-state index in [4.69, 9.17) is 5.73 Å². The van der Waals surface area contributed by atoms with Gasteiger partial charge in [0.1, 0.15) is 5.54 Å². The highest BCUT2D eigenvalue weighted by molar-refractivity contribution is 5.87. The molecule has 0 aliphatic rings. The van der Waals surface area contributed by atoms with Crippen LogP contribution in [0.15, 0.2) is 0 Å². The van der Waals surface area contributed by atoms with Crippen LogP contribution in [0.2, 0.25) is 0 Å². The summed E-state index contributed by atoms with van der Waals surface area (Å²) in [6.45, 7) is 5.03. The van der Waals surface area contributed by atoms with Crippen LogP contribution in [0.4, 0.5) is 0 Å². The standard InChI is InChI=1S/C10H20N2O3/c1-7(11)5-6-8(13)12-10(2,3)9(14)15-4/h7H,5-6,11H2,1-4H3,(H,12,13). The van der Waals surface area contributed by atoms with Gasteiger partial charge in [0.05, 0.1) is 7.11 Å². The zero-order valence-electron chi connectivity index (χ0n) is 9.79. The number of carbonyl (C=O) groups is 2. The number of amides is 1. The highest BCUT2D eigenvalue weighted by Crippen LogP contribution is 2.05. The third-order valence-electron chi connectivity index (χ3n) is 1.97. The van der Waals surface area contributed by atoms with Crippen LogP contribution in [-0.4, -0.2) is 30.6 Å². The molecule has 3 N–H and O–H groups in total. The van der Waals surface area contributed by atoms with Gasteiger partial charge < -0.3 is 15.8 Å². The molecule has 0 spiro atoms. The van der Waals surface area contributed by atoms with Gasteiger partial charge in [-0.1, -0.05) is 0 Å². The lowest BCUT2D eigenvalue weighted by atomic mass is 10.1. The van der Waals surface area contributed by atoms with E-state index in [9.17, 15) is 9.59 Å². The van der Waals surface area contributed by atoms with E-state index in [2.05, 4.69) is 10.1 Å². The van der Waals surface area contributed by atoms with Gasteiger partial charge in [-0.2, -0.15) is 0 Å². The van der Waals surface area contributed by atoms with Crippen LogP contribution in [0, 0.1) is 0 Å². The number of nitrogens with one attached hydrogen (secondary N) is 1. The predicted octanol–water partition coefficient (Wildman–Crippen LogP) is 0.182. The maximum absolute atomic E-state index is 11.4. The fourth-order valence-corrected chi connectivity index (χ4v) is 1.08. The fraction of sp³-hybridized carbons (Fsp3) is 0.800. The summed E-state index contributed by atoms with van der Waals surface area (Å²) in [5.41, 5.74) is 4.54. The van der Waals surface area contributed by atoms with Crippen LogP contribution < -0.4 is 11.1 Å². The minimum absolute atomic E-state index is 0.0167. The van der Waals surface area contributed by atoms with E-state index in [0.29, 0.717) is 12.8 Å². The molecule has 88 valence electrons. The summed E-state index contributed by atoms with van der Waals surface area (Å²) in [5.74, 6) is -0.653. The fourth-order valence-electron chi connectivity index (χ4n) is 1.08. The second-order valence-electron chi connectivity index (χ2n) is 4.18. The Morgan fingerprint density at radius 2 is 2.00 bits per heavy atom. The third-order valence-corrected chi connectivity index (χ3v) is 1.97. The molecule has 1 unspecified atom stereocenters. The molecule has 1 amide bonds. The quantitative estimate of drug-likeness (QED) is 0.642. The minimum atomic E-state index is -0.982. The summed E-state index contributed by atoms with van der Waals surface area (Å²) in [5, 5.41) is 2.59. The van der Waals surface area contributed by atoms with Crippen molar-refractivity contribution in [1.29, 1.82) is 0 Å². The Kier molecular flexibility index (Phi) is 5.28. The molecule has 1 atom stereocenters. The second kappa shape index (κ2) is 5.70. The van der Waals surface area contributed by atoms with E-state index in [0.717, 1.165) is 0 Å². The molecule has 0 aromatic carbocycles. The number of esters is 1. The van der Waals surface area contributed by atoms with Crippen molar-refractivity contribution in [2.75, 3.05) is 7.11 Å². The molecule has 5 heteroatoms. The van der Waals surface area contributed by atoms with Gasteiger partial charge in [-0.25, -0.2) is 4.79 Å². The average Bonchev–Trinajstić information content (AvgIpc) is 2.12. The first-order valence-electron chi connectivity index (χ1n) is 4.94. The maximum Gasteiger partial charge on any atom is 0.330 e. The normalized spacial score (nSPS) is 13.1. The van der Waals surface area contributed by atoms with Crippen molar-refractivity contribution in [2.24, 2.45) is 5.73 Å². The van der Waals surface area contributed by atoms with Crippen molar-refractivity contribution in [3.63, 3.8) is 0 Å². The van der Waals surface area contributed by atoms with Crippen LogP contribution in [0.25, 0.3) is 0 Å². The monoisotopic (exact) mass is 216 g/mol. The second-order valence-corrected chi connectivity index (χ2v) is 4.18. The van der Waals surface area contributed by atoms with Gasteiger partial charge in [0.25, 0.3) is 0 Å². The molecular weight excluding hydrogens is 196 g/mol. The summed E-state index contributed by atoms with van der Waals surface area (Å²) in [4.78, 5) is 22.7. The summed E-state index contributed by atoms with van der Waals surface area (Å²) in [7, 11) is 1.29. The molecule has 0 heterocycles. The number of hydrogen-bond donors (Lipinski definition) is 2. The third kappa shape index (κ3) is 5.37. The van der Waals surface area contributed by atoms with E-state index in [1.54, 1.807) is 13.8 Å². The number of nitrogens with two attached hydrogens (primary N) is 1. The topological polar surface area (TPSA) is 81.4 Å². The number of rotatable bonds is 5. The lowest BCUT2D eigenvalue weighted by Crippen LogP contribution is -2.50. The lowest BCUT2D eigenvalue weighted by molar-refractivity contribution is -0.149. The van der Waals surface area contributed by atoms with E-state index < -0.39 is 11.5 Å². The van der Waals surface area contributed by atoms with Crippen LogP contribution in [0.5, 0.6) is 0 Å². The van der Waals surface area contributed by atoms with Crippen molar-refractivity contribution in [3.05, 3.63) is 0 Å². The highest BCUT2D eigenvalue weighted by atomic mass is 16.5. The number of ether oxygens (including phenoxy) is 1. The largest absolute Gasteiger partial charge is 0.467 e. The Bertz CT molecular complexity index is 237. The zero-order valence-corrected chi connectivity index (χ0v) is 9.79. The maximum atomic E-state index is 11.4. The van der Waals surface area contributed by atoms with Gasteiger partial charge in [0.2, 0.25) is 5.91 Å². The number of hydrogen-bond acceptors (Lipinski definition) is 4. The molecule has 5 nitrogen and oxygen atoms in total. The lowest BCUT2D eigenvalue weighted by Gasteiger charge is -2.23. The molecular formula is C10H20N2O3. The van der Waals surface area contributed by atoms with Crippen molar-refractivity contribution in [2.45, 2.75) is 45.2 Å². The molecule has 0 aliphatic carbocycles. The van der Waals surface area contributed by atoms with Gasteiger partial charge in [0, 0.05) is 12.5 Å². The Morgan fingerprint density at radius 1 is 1.47 bits per heavy atom. The molecule has 0 aromatic heterocycles. The Labute approximate surface area is 90.4 Å². The number of methoxy groups -OCH3 is 1. The molecule has 0 saturated carbocycles. The zero-order chi connectivity index (χ0) is 12.1. The van der Waals surface area contributed by atoms with Crippen molar-refractivity contribution >= 4 is 11.9 Å². The summed E-state index contributed by atoms with van der Waals surface area (Å²) < 4.78 is 4.56. The molecule has 0 bridgehead atoms. The van der Waals surface area contributed by atoms with Crippen molar-refractivity contribution < 1.29 is 14.3 Å². The Morgan fingerprint density at radius 3 is 2.40 bits per heavy atom. The number of carbonyl (C=O) groups excluding carboxylic acids is 2. The van der Waals surface area contributed by atoms with Crippen molar-refractivity contribution in [1.82, 2.24) is 5.32 Å². The van der Waals surface area contributed by atoms with Crippen LogP contribution >= 0.6 is 0 Å². The molecule has 0 aromatic rings.